The third-order valence-electron chi connectivity index (χ3n) is 3.55. The Morgan fingerprint density at radius 2 is 2.25 bits per heavy atom. The van der Waals surface area contributed by atoms with E-state index in [-0.39, 0.29) is 5.41 Å². The van der Waals surface area contributed by atoms with Gasteiger partial charge < -0.3 is 9.63 Å². The van der Waals surface area contributed by atoms with E-state index in [1.54, 1.807) is 0 Å². The summed E-state index contributed by atoms with van der Waals surface area (Å²) in [5.41, 5.74) is 1.56. The molecule has 4 nitrogen and oxygen atoms in total. The second kappa shape index (κ2) is 3.61. The van der Waals surface area contributed by atoms with E-state index in [0.29, 0.717) is 5.76 Å². The van der Waals surface area contributed by atoms with Gasteiger partial charge in [-0.05, 0) is 31.6 Å². The van der Waals surface area contributed by atoms with Crippen LogP contribution in [0.25, 0.3) is 0 Å². The third-order valence-corrected chi connectivity index (χ3v) is 3.55. The van der Waals surface area contributed by atoms with Crippen LogP contribution in [0.3, 0.4) is 0 Å². The molecular formula is C12H17NO3. The molecule has 0 aromatic carbocycles. The van der Waals surface area contributed by atoms with Crippen molar-refractivity contribution in [2.24, 2.45) is 5.41 Å². The van der Waals surface area contributed by atoms with Gasteiger partial charge in [0.2, 0.25) is 0 Å². The molecule has 1 unspecified atom stereocenters. The lowest BCUT2D eigenvalue weighted by molar-refractivity contribution is -0.142. The van der Waals surface area contributed by atoms with E-state index in [9.17, 15) is 9.90 Å². The van der Waals surface area contributed by atoms with Gasteiger partial charge >= 0.3 is 5.97 Å². The molecular weight excluding hydrogens is 206 g/mol. The van der Waals surface area contributed by atoms with E-state index in [1.165, 1.54) is 0 Å². The van der Waals surface area contributed by atoms with E-state index < -0.39 is 11.9 Å². The van der Waals surface area contributed by atoms with Crippen LogP contribution in [0.4, 0.5) is 0 Å². The zero-order chi connectivity index (χ0) is 11.9. The van der Waals surface area contributed by atoms with Crippen LogP contribution < -0.4 is 0 Å². The first-order chi connectivity index (χ1) is 7.43. The molecule has 1 aliphatic rings. The van der Waals surface area contributed by atoms with Gasteiger partial charge in [0.15, 0.2) is 5.76 Å². The molecule has 2 rings (SSSR count). The van der Waals surface area contributed by atoms with Gasteiger partial charge in [0.05, 0.1) is 5.69 Å². The van der Waals surface area contributed by atoms with Crippen molar-refractivity contribution in [3.05, 3.63) is 17.0 Å². The molecule has 1 heterocycles. The number of carbonyl (C=O) groups is 1. The van der Waals surface area contributed by atoms with Crippen molar-refractivity contribution in [1.82, 2.24) is 5.16 Å². The molecule has 0 saturated carbocycles. The fourth-order valence-electron chi connectivity index (χ4n) is 2.60. The normalized spacial score (nSPS) is 23.6. The van der Waals surface area contributed by atoms with Gasteiger partial charge in [-0.2, -0.15) is 0 Å². The molecule has 1 aliphatic carbocycles. The Morgan fingerprint density at radius 1 is 1.56 bits per heavy atom. The highest BCUT2D eigenvalue weighted by Crippen LogP contribution is 2.44. The topological polar surface area (TPSA) is 63.3 Å². The summed E-state index contributed by atoms with van der Waals surface area (Å²) >= 11 is 0. The van der Waals surface area contributed by atoms with Gasteiger partial charge in [-0.1, -0.05) is 19.0 Å². The maximum Gasteiger partial charge on any atom is 0.314 e. The first-order valence-corrected chi connectivity index (χ1v) is 5.61. The van der Waals surface area contributed by atoms with E-state index in [2.05, 4.69) is 5.16 Å². The number of carboxylic acid groups (broad SMARTS) is 1. The van der Waals surface area contributed by atoms with Crippen LogP contribution in [0, 0.1) is 12.3 Å². The number of aromatic nitrogens is 1. The minimum Gasteiger partial charge on any atom is -0.481 e. The number of aryl methyl sites for hydroxylation is 1. The zero-order valence-electron chi connectivity index (χ0n) is 9.91. The number of fused-ring (bicyclic) bond motifs is 1. The molecule has 0 amide bonds. The van der Waals surface area contributed by atoms with Gasteiger partial charge in [-0.3, -0.25) is 4.79 Å². The lowest BCUT2D eigenvalue weighted by atomic mass is 9.75. The molecule has 1 aromatic rings. The molecule has 4 heteroatoms. The molecule has 16 heavy (non-hydrogen) atoms. The van der Waals surface area contributed by atoms with Crippen molar-refractivity contribution in [1.29, 1.82) is 0 Å². The van der Waals surface area contributed by atoms with Gasteiger partial charge in [0.1, 0.15) is 5.92 Å². The summed E-state index contributed by atoms with van der Waals surface area (Å²) in [4.78, 5) is 11.4. The molecule has 0 spiro atoms. The van der Waals surface area contributed by atoms with Gasteiger partial charge in [0, 0.05) is 5.56 Å². The fourth-order valence-corrected chi connectivity index (χ4v) is 2.60. The highest BCUT2D eigenvalue weighted by Gasteiger charge is 2.42. The van der Waals surface area contributed by atoms with Crippen LogP contribution in [-0.4, -0.2) is 16.2 Å². The summed E-state index contributed by atoms with van der Waals surface area (Å²) in [6.07, 6.45) is 2.76. The van der Waals surface area contributed by atoms with Crippen molar-refractivity contribution in [2.45, 2.75) is 46.0 Å². The van der Waals surface area contributed by atoms with Crippen molar-refractivity contribution < 1.29 is 14.4 Å². The minimum atomic E-state index is -0.815. The van der Waals surface area contributed by atoms with Crippen molar-refractivity contribution >= 4 is 5.97 Å². The third kappa shape index (κ3) is 1.62. The Kier molecular flexibility index (Phi) is 2.52. The second-order valence-electron chi connectivity index (χ2n) is 5.22. The quantitative estimate of drug-likeness (QED) is 0.743. The summed E-state index contributed by atoms with van der Waals surface area (Å²) in [7, 11) is 0. The Hall–Kier alpha value is -1.32. The average molecular weight is 223 g/mol. The van der Waals surface area contributed by atoms with Crippen LogP contribution in [0.2, 0.25) is 0 Å². The smallest absolute Gasteiger partial charge is 0.314 e. The maximum absolute atomic E-state index is 11.4. The fraction of sp³-hybridized carbons (Fsp3) is 0.667. The minimum absolute atomic E-state index is 0.275. The number of hydrogen-bond donors (Lipinski definition) is 1. The number of hydrogen-bond acceptors (Lipinski definition) is 3. The van der Waals surface area contributed by atoms with Crippen molar-refractivity contribution in [2.75, 3.05) is 0 Å². The largest absolute Gasteiger partial charge is 0.481 e. The van der Waals surface area contributed by atoms with E-state index in [0.717, 1.165) is 30.5 Å². The average Bonchev–Trinajstić information content (AvgIpc) is 2.44. The molecule has 1 atom stereocenters. The molecule has 1 aromatic heterocycles. The van der Waals surface area contributed by atoms with Gasteiger partial charge in [-0.25, -0.2) is 0 Å². The highest BCUT2D eigenvalue weighted by atomic mass is 16.5. The Balaban J connectivity index is 2.55. The van der Waals surface area contributed by atoms with Crippen LogP contribution in [-0.2, 0) is 11.2 Å². The lowest BCUT2D eigenvalue weighted by Gasteiger charge is -2.28. The first-order valence-electron chi connectivity index (χ1n) is 5.61. The summed E-state index contributed by atoms with van der Waals surface area (Å²) in [5.74, 6) is -0.831. The SMILES string of the molecule is Cc1noc2c1CCCC(C)(C)C2C(=O)O. The molecule has 1 N–H and O–H groups in total. The summed E-state index contributed by atoms with van der Waals surface area (Å²) < 4.78 is 5.25. The van der Waals surface area contributed by atoms with Gasteiger partial charge in [-0.15, -0.1) is 0 Å². The summed E-state index contributed by atoms with van der Waals surface area (Å²) in [6.45, 7) is 5.84. The second-order valence-corrected chi connectivity index (χ2v) is 5.22. The first kappa shape index (κ1) is 11.2. The Labute approximate surface area is 94.6 Å². The monoisotopic (exact) mass is 223 g/mol. The van der Waals surface area contributed by atoms with Crippen LogP contribution in [0.1, 0.15) is 49.6 Å². The van der Waals surface area contributed by atoms with Crippen LogP contribution >= 0.6 is 0 Å². The number of nitrogens with zero attached hydrogens (tertiary/aromatic N) is 1. The molecule has 0 radical (unpaired) electrons. The summed E-state index contributed by atoms with van der Waals surface area (Å²) in [6, 6.07) is 0. The molecule has 0 fully saturated rings. The number of aliphatic carboxylic acids is 1. The predicted molar refractivity (Wildman–Crippen MR) is 58.3 cm³/mol. The molecule has 88 valence electrons. The maximum atomic E-state index is 11.4. The molecule has 0 bridgehead atoms. The van der Waals surface area contributed by atoms with Crippen LogP contribution in [0.5, 0.6) is 0 Å². The van der Waals surface area contributed by atoms with E-state index in [4.69, 9.17) is 4.52 Å². The molecule has 0 saturated heterocycles. The number of rotatable bonds is 1. The van der Waals surface area contributed by atoms with Crippen LogP contribution in [0.15, 0.2) is 4.52 Å². The summed E-state index contributed by atoms with van der Waals surface area (Å²) in [5, 5.41) is 13.3. The Bertz CT molecular complexity index is 420. The molecule has 0 aliphatic heterocycles. The van der Waals surface area contributed by atoms with E-state index in [1.807, 2.05) is 20.8 Å². The van der Waals surface area contributed by atoms with Crippen molar-refractivity contribution in [3.8, 4) is 0 Å². The standard InChI is InChI=1S/C12H17NO3/c1-7-8-5-4-6-12(2,3)9(11(14)15)10(8)16-13-7/h9H,4-6H2,1-3H3,(H,14,15). The van der Waals surface area contributed by atoms with Gasteiger partial charge in [0.25, 0.3) is 0 Å². The van der Waals surface area contributed by atoms with E-state index >= 15 is 0 Å². The predicted octanol–water partition coefficient (Wildman–Crippen LogP) is 2.51. The Morgan fingerprint density at radius 3 is 2.88 bits per heavy atom. The number of carboxylic acids is 1. The highest BCUT2D eigenvalue weighted by molar-refractivity contribution is 5.77. The van der Waals surface area contributed by atoms with Crippen molar-refractivity contribution in [3.63, 3.8) is 0 Å². The zero-order valence-corrected chi connectivity index (χ0v) is 9.91. The lowest BCUT2D eigenvalue weighted by Crippen LogP contribution is -2.28.